The first-order chi connectivity index (χ1) is 17.7. The summed E-state index contributed by atoms with van der Waals surface area (Å²) in [6, 6.07) is 22.5. The van der Waals surface area contributed by atoms with Gasteiger partial charge in [0.15, 0.2) is 11.5 Å². The molecule has 8 nitrogen and oxygen atoms in total. The normalized spacial score (nSPS) is 10.7. The van der Waals surface area contributed by atoms with Crippen LogP contribution in [0.2, 0.25) is 0 Å². The third-order valence-electron chi connectivity index (χ3n) is 5.78. The Morgan fingerprint density at radius 2 is 1.72 bits per heavy atom. The molecule has 0 spiro atoms. The van der Waals surface area contributed by atoms with Crippen LogP contribution >= 0.6 is 0 Å². The first-order valence-corrected chi connectivity index (χ1v) is 11.4. The molecule has 0 saturated heterocycles. The molecule has 0 saturated carbocycles. The summed E-state index contributed by atoms with van der Waals surface area (Å²) in [4.78, 5) is 22.2. The molecule has 36 heavy (non-hydrogen) atoms. The number of amides is 1. The molecule has 0 atom stereocenters. The quantitative estimate of drug-likeness (QED) is 0.315. The van der Waals surface area contributed by atoms with Gasteiger partial charge in [-0.3, -0.25) is 4.79 Å². The van der Waals surface area contributed by atoms with Gasteiger partial charge in [-0.15, -0.1) is 0 Å². The van der Waals surface area contributed by atoms with E-state index in [0.29, 0.717) is 35.0 Å². The maximum atomic E-state index is 12.9. The van der Waals surface area contributed by atoms with Crippen molar-refractivity contribution in [2.24, 2.45) is 0 Å². The Bertz CT molecular complexity index is 1530. The van der Waals surface area contributed by atoms with Gasteiger partial charge in [-0.2, -0.15) is 0 Å². The summed E-state index contributed by atoms with van der Waals surface area (Å²) in [5, 5.41) is 6.35. The Balaban J connectivity index is 1.43. The minimum Gasteiger partial charge on any atom is -0.496 e. The van der Waals surface area contributed by atoms with Crippen LogP contribution in [0.15, 0.2) is 91.4 Å². The number of benzene rings is 3. The number of imidazole rings is 1. The fourth-order valence-corrected chi connectivity index (χ4v) is 4.00. The van der Waals surface area contributed by atoms with Crippen LogP contribution in [-0.4, -0.2) is 34.5 Å². The Morgan fingerprint density at radius 3 is 2.56 bits per heavy atom. The van der Waals surface area contributed by atoms with Gasteiger partial charge in [0.2, 0.25) is 0 Å². The van der Waals surface area contributed by atoms with E-state index in [0.717, 1.165) is 22.6 Å². The molecule has 1 amide bonds. The summed E-state index contributed by atoms with van der Waals surface area (Å²) in [5.41, 5.74) is 4.43. The number of ether oxygens (including phenoxy) is 2. The minimum absolute atomic E-state index is 0.248. The molecule has 0 aliphatic carbocycles. The zero-order chi connectivity index (χ0) is 24.9. The zero-order valence-electron chi connectivity index (χ0n) is 19.9. The molecular weight excluding hydrogens is 454 g/mol. The first kappa shape index (κ1) is 22.9. The lowest BCUT2D eigenvalue weighted by Gasteiger charge is -2.13. The van der Waals surface area contributed by atoms with Gasteiger partial charge in [-0.25, -0.2) is 9.97 Å². The number of carbonyl (C=O) groups is 1. The van der Waals surface area contributed by atoms with Gasteiger partial charge in [-0.1, -0.05) is 42.5 Å². The summed E-state index contributed by atoms with van der Waals surface area (Å²) >= 11 is 0. The molecular formula is C28H25N5O3. The van der Waals surface area contributed by atoms with Crippen LogP contribution in [0.5, 0.6) is 11.5 Å². The van der Waals surface area contributed by atoms with Gasteiger partial charge in [-0.05, 0) is 30.3 Å². The predicted octanol–water partition coefficient (Wildman–Crippen LogP) is 5.28. The molecule has 180 valence electrons. The number of fused-ring (bicyclic) bond motifs is 1. The van der Waals surface area contributed by atoms with E-state index in [9.17, 15) is 4.79 Å². The van der Waals surface area contributed by atoms with Crippen LogP contribution < -0.4 is 20.1 Å². The van der Waals surface area contributed by atoms with Crippen LogP contribution in [0.4, 0.5) is 11.5 Å². The van der Waals surface area contributed by atoms with Gasteiger partial charge in [0.25, 0.3) is 5.91 Å². The van der Waals surface area contributed by atoms with E-state index in [4.69, 9.17) is 14.5 Å². The number of nitrogens with one attached hydrogen (secondary N) is 2. The molecule has 0 aliphatic rings. The highest BCUT2D eigenvalue weighted by Crippen LogP contribution is 2.26. The van der Waals surface area contributed by atoms with Gasteiger partial charge < -0.3 is 24.5 Å². The fraction of sp³-hybridized carbons (Fsp3) is 0.107. The number of anilines is 2. The van der Waals surface area contributed by atoms with Crippen molar-refractivity contribution in [1.82, 2.24) is 14.4 Å². The lowest BCUT2D eigenvalue weighted by molar-refractivity contribution is 0.102. The Kier molecular flexibility index (Phi) is 6.48. The van der Waals surface area contributed by atoms with Crippen molar-refractivity contribution in [3.8, 4) is 22.8 Å². The van der Waals surface area contributed by atoms with Crippen molar-refractivity contribution in [2.75, 3.05) is 24.9 Å². The summed E-state index contributed by atoms with van der Waals surface area (Å²) in [7, 11) is 3.20. The average molecular weight is 480 g/mol. The lowest BCUT2D eigenvalue weighted by atomic mass is 10.1. The van der Waals surface area contributed by atoms with Crippen molar-refractivity contribution in [1.29, 1.82) is 0 Å². The highest BCUT2D eigenvalue weighted by molar-refractivity contribution is 6.06. The maximum Gasteiger partial charge on any atom is 0.259 e. The van der Waals surface area contributed by atoms with Crippen molar-refractivity contribution in [2.45, 2.75) is 6.54 Å². The van der Waals surface area contributed by atoms with E-state index in [1.165, 1.54) is 0 Å². The molecule has 0 unspecified atom stereocenters. The van der Waals surface area contributed by atoms with Crippen LogP contribution in [0.3, 0.4) is 0 Å². The second-order valence-corrected chi connectivity index (χ2v) is 8.03. The molecule has 2 N–H and O–H groups in total. The number of aromatic nitrogens is 3. The summed E-state index contributed by atoms with van der Waals surface area (Å²) in [5.74, 6) is 1.72. The second kappa shape index (κ2) is 10.2. The number of rotatable bonds is 8. The molecule has 0 fully saturated rings. The highest BCUT2D eigenvalue weighted by atomic mass is 16.5. The number of hydrogen-bond donors (Lipinski definition) is 2. The average Bonchev–Trinajstić information content (AvgIpc) is 3.41. The van der Waals surface area contributed by atoms with E-state index in [1.807, 2.05) is 71.4 Å². The number of methoxy groups -OCH3 is 2. The molecule has 2 aromatic heterocycles. The minimum atomic E-state index is -0.248. The molecule has 2 heterocycles. The van der Waals surface area contributed by atoms with E-state index in [-0.39, 0.29) is 5.91 Å². The smallest absolute Gasteiger partial charge is 0.259 e. The van der Waals surface area contributed by atoms with E-state index >= 15 is 0 Å². The third kappa shape index (κ3) is 4.69. The lowest BCUT2D eigenvalue weighted by Crippen LogP contribution is -2.13. The molecule has 0 radical (unpaired) electrons. The Morgan fingerprint density at radius 1 is 0.944 bits per heavy atom. The molecule has 0 aliphatic heterocycles. The van der Waals surface area contributed by atoms with Crippen molar-refractivity contribution in [3.05, 3.63) is 103 Å². The first-order valence-electron chi connectivity index (χ1n) is 11.4. The van der Waals surface area contributed by atoms with Crippen LogP contribution in [0.1, 0.15) is 15.9 Å². The predicted molar refractivity (Wildman–Crippen MR) is 140 cm³/mol. The molecule has 5 aromatic rings. The Labute approximate surface area is 208 Å². The van der Waals surface area contributed by atoms with Crippen LogP contribution in [0, 0.1) is 0 Å². The summed E-state index contributed by atoms with van der Waals surface area (Å²) in [6.45, 7) is 0.526. The standard InChI is InChI=1S/C28H25N5O3/c1-35-24-12-5-3-8-20(24)17-30-26-27-29-14-15-33(27)18-23(32-26)19-9-7-10-21(16-19)31-28(34)22-11-4-6-13-25(22)36-2/h3-16,18H,17H2,1-2H3,(H,30,32)(H,31,34). The van der Waals surface area contributed by atoms with Crippen LogP contribution in [-0.2, 0) is 6.54 Å². The molecule has 5 rings (SSSR count). The van der Waals surface area contributed by atoms with Crippen molar-refractivity contribution >= 4 is 23.1 Å². The second-order valence-electron chi connectivity index (χ2n) is 8.03. The van der Waals surface area contributed by atoms with Crippen molar-refractivity contribution in [3.63, 3.8) is 0 Å². The molecule has 3 aromatic carbocycles. The maximum absolute atomic E-state index is 12.9. The number of nitrogens with zero attached hydrogens (tertiary/aromatic N) is 3. The largest absolute Gasteiger partial charge is 0.496 e. The van der Waals surface area contributed by atoms with Gasteiger partial charge in [0.05, 0.1) is 25.5 Å². The number of hydrogen-bond acceptors (Lipinski definition) is 6. The monoisotopic (exact) mass is 479 g/mol. The zero-order valence-corrected chi connectivity index (χ0v) is 19.9. The van der Waals surface area contributed by atoms with Gasteiger partial charge in [0.1, 0.15) is 11.5 Å². The summed E-state index contributed by atoms with van der Waals surface area (Å²) < 4.78 is 12.7. The molecule has 0 bridgehead atoms. The number of carbonyl (C=O) groups excluding carboxylic acids is 1. The van der Waals surface area contributed by atoms with Gasteiger partial charge in [0, 0.05) is 41.9 Å². The molecule has 8 heteroatoms. The SMILES string of the molecule is COc1ccccc1CNc1nc(-c2cccc(NC(=O)c3ccccc3OC)c2)cn2ccnc12. The Hall–Kier alpha value is -4.85. The van der Waals surface area contributed by atoms with Crippen molar-refractivity contribution < 1.29 is 14.3 Å². The summed E-state index contributed by atoms with van der Waals surface area (Å²) in [6.07, 6.45) is 5.53. The van der Waals surface area contributed by atoms with E-state index in [2.05, 4.69) is 15.6 Å². The van der Waals surface area contributed by atoms with Gasteiger partial charge >= 0.3 is 0 Å². The number of para-hydroxylation sites is 2. The van der Waals surface area contributed by atoms with Crippen LogP contribution in [0.25, 0.3) is 16.9 Å². The highest BCUT2D eigenvalue weighted by Gasteiger charge is 2.14. The third-order valence-corrected chi connectivity index (χ3v) is 5.78. The topological polar surface area (TPSA) is 89.8 Å². The fourth-order valence-electron chi connectivity index (χ4n) is 4.00. The van der Waals surface area contributed by atoms with E-state index in [1.54, 1.807) is 38.6 Å². The van der Waals surface area contributed by atoms with E-state index < -0.39 is 0 Å².